The molecule has 20 heavy (non-hydrogen) atoms. The number of nitrogens with zero attached hydrogens (tertiary/aromatic N) is 1. The Morgan fingerprint density at radius 1 is 1.15 bits per heavy atom. The minimum atomic E-state index is -0.537. The van der Waals surface area contributed by atoms with Gasteiger partial charge >= 0.3 is 5.97 Å². The lowest BCUT2D eigenvalue weighted by Crippen LogP contribution is -2.15. The summed E-state index contributed by atoms with van der Waals surface area (Å²) in [5.41, 5.74) is 2.15. The summed E-state index contributed by atoms with van der Waals surface area (Å²) in [5, 5.41) is 3.83. The molecule has 0 bridgehead atoms. The Morgan fingerprint density at radius 2 is 1.80 bits per heavy atom. The van der Waals surface area contributed by atoms with Crippen molar-refractivity contribution < 1.29 is 14.4 Å². The number of Topliss-reactive ketones (excluding diaryl/α,β-unsaturated/α-hetero) is 1. The van der Waals surface area contributed by atoms with Gasteiger partial charge in [0.05, 0.1) is 10.0 Å². The van der Waals surface area contributed by atoms with Gasteiger partial charge < -0.3 is 4.84 Å². The van der Waals surface area contributed by atoms with Gasteiger partial charge in [-0.25, -0.2) is 4.79 Å². The van der Waals surface area contributed by atoms with Crippen molar-refractivity contribution in [3.63, 3.8) is 0 Å². The number of carbonyl (C=O) groups excluding carboxylic acids is 2. The zero-order valence-electron chi connectivity index (χ0n) is 11.0. The van der Waals surface area contributed by atoms with Gasteiger partial charge in [0.1, 0.15) is 5.71 Å². The number of oxime groups is 1. The van der Waals surface area contributed by atoms with E-state index in [1.165, 1.54) is 0 Å². The number of rotatable bonds is 2. The molecule has 0 aromatic heterocycles. The monoisotopic (exact) mass is 333 g/mol. The van der Waals surface area contributed by atoms with Crippen LogP contribution in [0.1, 0.15) is 24.2 Å². The van der Waals surface area contributed by atoms with Crippen LogP contribution in [0.15, 0.2) is 57.2 Å². The molecule has 4 nitrogen and oxygen atoms in total. The maximum Gasteiger partial charge on any atom is 0.365 e. The van der Waals surface area contributed by atoms with E-state index in [4.69, 9.17) is 4.84 Å². The maximum absolute atomic E-state index is 11.8. The summed E-state index contributed by atoms with van der Waals surface area (Å²) in [6, 6.07) is 8.59. The highest BCUT2D eigenvalue weighted by molar-refractivity contribution is 9.12. The summed E-state index contributed by atoms with van der Waals surface area (Å²) in [5.74, 6) is -0.624. The lowest BCUT2D eigenvalue weighted by Gasteiger charge is -2.12. The van der Waals surface area contributed by atoms with E-state index >= 15 is 0 Å². The Bertz CT molecular complexity index is 657. The quantitative estimate of drug-likeness (QED) is 0.473. The molecule has 0 atom stereocenters. The Labute approximate surface area is 124 Å². The molecule has 5 heteroatoms. The molecule has 0 amide bonds. The van der Waals surface area contributed by atoms with Gasteiger partial charge in [0, 0.05) is 5.57 Å². The number of carbonyl (C=O) groups is 2. The second-order valence-corrected chi connectivity index (χ2v) is 5.15. The Morgan fingerprint density at radius 3 is 2.45 bits per heavy atom. The molecule has 1 aromatic rings. The molecule has 0 heterocycles. The van der Waals surface area contributed by atoms with Gasteiger partial charge in [-0.05, 0) is 53.6 Å². The molecule has 0 fully saturated rings. The smallest absolute Gasteiger partial charge is 0.312 e. The molecule has 0 aliphatic heterocycles. The lowest BCUT2D eigenvalue weighted by molar-refractivity contribution is -0.111. The minimum absolute atomic E-state index is 0.0872. The third-order valence-corrected chi connectivity index (χ3v) is 3.59. The summed E-state index contributed by atoms with van der Waals surface area (Å²) in [6.45, 7) is 3.47. The van der Waals surface area contributed by atoms with E-state index in [1.54, 1.807) is 44.2 Å². The van der Waals surface area contributed by atoms with Gasteiger partial charge in [0.25, 0.3) is 0 Å². The number of ketones is 1. The standard InChI is InChI=1S/C15H12BrNO3/c1-9-10(2)14(18)12(16)8-13(9)17-20-15(19)11-6-4-3-5-7-11/h3-8H,1-2H3/b17-13-. The number of hydrogen-bond acceptors (Lipinski definition) is 4. The van der Waals surface area contributed by atoms with Crippen LogP contribution < -0.4 is 0 Å². The third-order valence-electron chi connectivity index (χ3n) is 3.00. The summed E-state index contributed by atoms with van der Waals surface area (Å²) >= 11 is 3.17. The van der Waals surface area contributed by atoms with Crippen LogP contribution in [0.3, 0.4) is 0 Å². The molecule has 0 saturated carbocycles. The summed E-state index contributed by atoms with van der Waals surface area (Å²) < 4.78 is 0.398. The number of allylic oxidation sites excluding steroid dienone is 4. The molecule has 102 valence electrons. The third kappa shape index (κ3) is 2.93. The first-order chi connectivity index (χ1) is 9.50. The van der Waals surface area contributed by atoms with Gasteiger partial charge in [-0.1, -0.05) is 23.4 Å². The Kier molecular flexibility index (Phi) is 4.29. The van der Waals surface area contributed by atoms with Crippen LogP contribution >= 0.6 is 15.9 Å². The van der Waals surface area contributed by atoms with Gasteiger partial charge in [0.15, 0.2) is 5.78 Å². The van der Waals surface area contributed by atoms with E-state index in [2.05, 4.69) is 21.1 Å². The van der Waals surface area contributed by atoms with Crippen molar-refractivity contribution >= 4 is 33.4 Å². The molecular formula is C15H12BrNO3. The molecule has 0 spiro atoms. The van der Waals surface area contributed by atoms with Crippen molar-refractivity contribution in [1.29, 1.82) is 0 Å². The fourth-order valence-corrected chi connectivity index (χ4v) is 2.16. The van der Waals surface area contributed by atoms with E-state index < -0.39 is 5.97 Å². The second-order valence-electron chi connectivity index (χ2n) is 4.29. The van der Waals surface area contributed by atoms with Crippen LogP contribution in [-0.2, 0) is 9.63 Å². The zero-order chi connectivity index (χ0) is 14.7. The van der Waals surface area contributed by atoms with E-state index in [-0.39, 0.29) is 5.78 Å². The average molecular weight is 334 g/mol. The summed E-state index contributed by atoms with van der Waals surface area (Å²) in [6.07, 6.45) is 1.54. The topological polar surface area (TPSA) is 55.7 Å². The fraction of sp³-hybridized carbons (Fsp3) is 0.133. The SMILES string of the molecule is CC1=C(C)/C(=N\OC(=O)c2ccccc2)C=C(Br)C1=O. The lowest BCUT2D eigenvalue weighted by atomic mass is 9.97. The van der Waals surface area contributed by atoms with Crippen molar-refractivity contribution in [3.8, 4) is 0 Å². The van der Waals surface area contributed by atoms with Crippen LogP contribution in [0.25, 0.3) is 0 Å². The Hall–Kier alpha value is -2.01. The van der Waals surface area contributed by atoms with Gasteiger partial charge in [0.2, 0.25) is 0 Å². The zero-order valence-corrected chi connectivity index (χ0v) is 12.6. The molecule has 1 aliphatic carbocycles. The van der Waals surface area contributed by atoms with Crippen LogP contribution in [0.2, 0.25) is 0 Å². The van der Waals surface area contributed by atoms with E-state index in [1.807, 2.05) is 6.07 Å². The highest BCUT2D eigenvalue weighted by atomic mass is 79.9. The molecule has 0 radical (unpaired) electrons. The molecule has 0 unspecified atom stereocenters. The van der Waals surface area contributed by atoms with Crippen molar-refractivity contribution in [1.82, 2.24) is 0 Å². The largest absolute Gasteiger partial charge is 0.365 e. The second kappa shape index (κ2) is 5.96. The maximum atomic E-state index is 11.8. The highest BCUT2D eigenvalue weighted by Crippen LogP contribution is 2.23. The highest BCUT2D eigenvalue weighted by Gasteiger charge is 2.21. The van der Waals surface area contributed by atoms with Crippen molar-refractivity contribution in [3.05, 3.63) is 57.6 Å². The first kappa shape index (κ1) is 14.4. The predicted molar refractivity (Wildman–Crippen MR) is 79.7 cm³/mol. The van der Waals surface area contributed by atoms with Crippen LogP contribution in [0.5, 0.6) is 0 Å². The summed E-state index contributed by atoms with van der Waals surface area (Å²) in [4.78, 5) is 28.4. The predicted octanol–water partition coefficient (Wildman–Crippen LogP) is 3.40. The first-order valence-corrected chi connectivity index (χ1v) is 6.74. The number of benzene rings is 1. The van der Waals surface area contributed by atoms with Crippen LogP contribution in [0.4, 0.5) is 0 Å². The van der Waals surface area contributed by atoms with Crippen LogP contribution in [-0.4, -0.2) is 17.5 Å². The first-order valence-electron chi connectivity index (χ1n) is 5.95. The number of hydrogen-bond donors (Lipinski definition) is 0. The molecule has 1 aliphatic rings. The van der Waals surface area contributed by atoms with Crippen LogP contribution in [0, 0.1) is 0 Å². The van der Waals surface area contributed by atoms with Crippen molar-refractivity contribution in [2.75, 3.05) is 0 Å². The fourth-order valence-electron chi connectivity index (χ4n) is 1.65. The molecule has 0 saturated heterocycles. The van der Waals surface area contributed by atoms with Gasteiger partial charge in [-0.3, -0.25) is 4.79 Å². The molecule has 0 N–H and O–H groups in total. The van der Waals surface area contributed by atoms with Crippen molar-refractivity contribution in [2.45, 2.75) is 13.8 Å². The molecular weight excluding hydrogens is 322 g/mol. The van der Waals surface area contributed by atoms with Crippen molar-refractivity contribution in [2.24, 2.45) is 5.16 Å². The molecule has 2 rings (SSSR count). The van der Waals surface area contributed by atoms with E-state index in [0.29, 0.717) is 26.9 Å². The number of halogens is 1. The normalized spacial score (nSPS) is 17.2. The average Bonchev–Trinajstić information content (AvgIpc) is 2.48. The van der Waals surface area contributed by atoms with Gasteiger partial charge in [-0.2, -0.15) is 0 Å². The summed E-state index contributed by atoms with van der Waals surface area (Å²) in [7, 11) is 0. The Balaban J connectivity index is 2.20. The van der Waals surface area contributed by atoms with E-state index in [0.717, 1.165) is 0 Å². The van der Waals surface area contributed by atoms with Gasteiger partial charge in [-0.15, -0.1) is 0 Å². The van der Waals surface area contributed by atoms with E-state index in [9.17, 15) is 9.59 Å². The molecule has 1 aromatic carbocycles. The minimum Gasteiger partial charge on any atom is -0.312 e.